The van der Waals surface area contributed by atoms with Gasteiger partial charge in [0.15, 0.2) is 5.78 Å². The third-order valence-electron chi connectivity index (χ3n) is 10.4. The maximum atomic E-state index is 14.5. The van der Waals surface area contributed by atoms with Gasteiger partial charge in [-0.3, -0.25) is 9.59 Å². The Hall–Kier alpha value is -4.06. The van der Waals surface area contributed by atoms with Crippen molar-refractivity contribution < 1.29 is 24.9 Å². The first-order valence-electron chi connectivity index (χ1n) is 19.3. The van der Waals surface area contributed by atoms with Gasteiger partial charge in [0.2, 0.25) is 0 Å². The molecule has 1 aliphatic carbocycles. The molecule has 4 rings (SSSR count). The Kier molecular flexibility index (Phi) is 17.2. The molecule has 3 aromatic carbocycles. The lowest BCUT2D eigenvalue weighted by atomic mass is 9.80. The fourth-order valence-corrected chi connectivity index (χ4v) is 8.03. The van der Waals surface area contributed by atoms with E-state index in [-0.39, 0.29) is 54.8 Å². The predicted octanol–water partition coefficient (Wildman–Crippen LogP) is 11.1. The fourth-order valence-electron chi connectivity index (χ4n) is 8.03. The van der Waals surface area contributed by atoms with E-state index in [1.165, 1.54) is 5.56 Å². The van der Waals surface area contributed by atoms with Crippen LogP contribution in [0.5, 0.6) is 0 Å². The van der Waals surface area contributed by atoms with Gasteiger partial charge in [-0.1, -0.05) is 139 Å². The van der Waals surface area contributed by atoms with E-state index in [0.717, 1.165) is 51.8 Å². The maximum absolute atomic E-state index is 14.5. The average Bonchev–Trinajstić information content (AvgIpc) is 3.43. The van der Waals surface area contributed by atoms with Crippen LogP contribution in [0.2, 0.25) is 0 Å². The summed E-state index contributed by atoms with van der Waals surface area (Å²) in [5.74, 6) is 0.703. The second-order valence-electron chi connectivity index (χ2n) is 15.6. The Morgan fingerprint density at radius 1 is 0.755 bits per heavy atom. The number of Topliss-reactive ketones (excluding diaryl/α,β-unsaturated/α-hetero) is 2. The fraction of sp³-hybridized carbons (Fsp3) is 0.458. The smallest absolute Gasteiger partial charge is 0.167 e. The van der Waals surface area contributed by atoms with Crippen LogP contribution in [0.3, 0.4) is 0 Å². The van der Waals surface area contributed by atoms with Crippen LogP contribution in [-0.4, -0.2) is 39.1 Å². The number of aryl methyl sites for hydroxylation is 1. The summed E-state index contributed by atoms with van der Waals surface area (Å²) >= 11 is 0. The van der Waals surface area contributed by atoms with Crippen LogP contribution in [0, 0.1) is 30.6 Å². The van der Waals surface area contributed by atoms with Gasteiger partial charge in [-0.25, -0.2) is 0 Å². The SMILES string of the molecule is C.C=C(O)C[C@H](O)C[C@H](C)CCCC(=O)C[C@H](C)C[C@H](O)CCC1C(c2ccc(C)cc2)=C(c2ccccc2)C(C(=O)Cc2ccccc2)=C1C(C)C. The van der Waals surface area contributed by atoms with Crippen LogP contribution in [0.25, 0.3) is 11.1 Å². The van der Waals surface area contributed by atoms with Crippen LogP contribution in [0.15, 0.2) is 108 Å². The molecule has 0 fully saturated rings. The van der Waals surface area contributed by atoms with Gasteiger partial charge in [-0.05, 0) is 90.2 Å². The van der Waals surface area contributed by atoms with Gasteiger partial charge in [0, 0.05) is 37.2 Å². The molecule has 3 aromatic rings. The molecular weight excluding hydrogens is 657 g/mol. The van der Waals surface area contributed by atoms with Crippen LogP contribution in [0.4, 0.5) is 0 Å². The molecule has 0 aliphatic heterocycles. The first-order chi connectivity index (χ1) is 24.8. The van der Waals surface area contributed by atoms with E-state index < -0.39 is 12.2 Å². The lowest BCUT2D eigenvalue weighted by Crippen LogP contribution is -2.18. The molecule has 0 amide bonds. The summed E-state index contributed by atoms with van der Waals surface area (Å²) in [6, 6.07) is 28.8. The molecule has 0 saturated carbocycles. The highest BCUT2D eigenvalue weighted by atomic mass is 16.3. The standard InChI is InChI=1S/C47H60O5.CH4/c1-31(2)44-42(25-24-40(50)28-34(5)27-39(49)19-13-14-33(4)26-41(51)29-35(6)48)45(38-22-20-32(3)21-23-38)46(37-17-11-8-12-18-37)47(44)43(52)30-36-15-9-7-10-16-36;/h7-12,15-18,20-23,31,33-34,40-42,48,50-51H,6,13-14,19,24-30H2,1-5H3;1H4/t33-,34+,40-,41-,42?;/m1./s1. The van der Waals surface area contributed by atoms with E-state index in [9.17, 15) is 24.9 Å². The Bertz CT molecular complexity index is 1680. The van der Waals surface area contributed by atoms with Gasteiger partial charge >= 0.3 is 0 Å². The number of rotatable bonds is 21. The number of carbonyl (C=O) groups is 2. The van der Waals surface area contributed by atoms with E-state index in [0.29, 0.717) is 44.9 Å². The normalized spacial score (nSPS) is 16.6. The highest BCUT2D eigenvalue weighted by Crippen LogP contribution is 2.52. The summed E-state index contributed by atoms with van der Waals surface area (Å²) in [6.07, 6.45) is 4.23. The highest BCUT2D eigenvalue weighted by molar-refractivity contribution is 6.20. The van der Waals surface area contributed by atoms with Crippen molar-refractivity contribution in [1.29, 1.82) is 0 Å². The molecule has 5 atom stereocenters. The highest BCUT2D eigenvalue weighted by Gasteiger charge is 2.39. The largest absolute Gasteiger partial charge is 0.513 e. The van der Waals surface area contributed by atoms with Gasteiger partial charge in [0.25, 0.3) is 0 Å². The molecule has 0 bridgehead atoms. The summed E-state index contributed by atoms with van der Waals surface area (Å²) in [5, 5.41) is 30.8. The van der Waals surface area contributed by atoms with Crippen molar-refractivity contribution in [3.8, 4) is 0 Å². The van der Waals surface area contributed by atoms with Gasteiger partial charge in [0.1, 0.15) is 5.78 Å². The topological polar surface area (TPSA) is 94.8 Å². The molecule has 0 radical (unpaired) electrons. The van der Waals surface area contributed by atoms with Crippen LogP contribution < -0.4 is 0 Å². The third kappa shape index (κ3) is 12.8. The lowest BCUT2D eigenvalue weighted by molar-refractivity contribution is -0.120. The zero-order valence-corrected chi connectivity index (χ0v) is 32.0. The van der Waals surface area contributed by atoms with E-state index in [4.69, 9.17) is 0 Å². The van der Waals surface area contributed by atoms with Crippen molar-refractivity contribution in [2.24, 2.45) is 23.7 Å². The number of aliphatic hydroxyl groups excluding tert-OH is 3. The first kappa shape index (κ1) is 43.3. The molecule has 0 aromatic heterocycles. The van der Waals surface area contributed by atoms with E-state index in [2.05, 4.69) is 70.7 Å². The summed E-state index contributed by atoms with van der Waals surface area (Å²) in [4.78, 5) is 27.4. The number of ketones is 2. The zero-order valence-electron chi connectivity index (χ0n) is 32.0. The summed E-state index contributed by atoms with van der Waals surface area (Å²) in [6.45, 7) is 14.0. The monoisotopic (exact) mass is 720 g/mol. The summed E-state index contributed by atoms with van der Waals surface area (Å²) < 4.78 is 0. The Balaban J connectivity index is 0.00000756. The van der Waals surface area contributed by atoms with Gasteiger partial charge in [-0.2, -0.15) is 0 Å². The second kappa shape index (κ2) is 21.0. The molecule has 1 unspecified atom stereocenters. The van der Waals surface area contributed by atoms with Gasteiger partial charge < -0.3 is 15.3 Å². The van der Waals surface area contributed by atoms with E-state index in [1.54, 1.807) is 0 Å². The van der Waals surface area contributed by atoms with Crippen molar-refractivity contribution in [1.82, 2.24) is 0 Å². The molecule has 5 nitrogen and oxygen atoms in total. The average molecular weight is 721 g/mol. The van der Waals surface area contributed by atoms with Crippen molar-refractivity contribution in [3.63, 3.8) is 0 Å². The zero-order chi connectivity index (χ0) is 37.8. The van der Waals surface area contributed by atoms with Crippen molar-refractivity contribution in [2.45, 2.75) is 118 Å². The number of allylic oxidation sites excluding steroid dienone is 4. The molecule has 3 N–H and O–H groups in total. The summed E-state index contributed by atoms with van der Waals surface area (Å²) in [5.41, 5.74) is 8.44. The minimum Gasteiger partial charge on any atom is -0.513 e. The minimum atomic E-state index is -0.615. The van der Waals surface area contributed by atoms with Crippen LogP contribution >= 0.6 is 0 Å². The number of hydrogen-bond acceptors (Lipinski definition) is 5. The molecule has 286 valence electrons. The van der Waals surface area contributed by atoms with Crippen LogP contribution in [-0.2, 0) is 16.0 Å². The Morgan fingerprint density at radius 2 is 1.36 bits per heavy atom. The quantitative estimate of drug-likeness (QED) is 0.0952. The van der Waals surface area contributed by atoms with Crippen LogP contribution in [0.1, 0.15) is 115 Å². The number of carbonyl (C=O) groups excluding carboxylic acids is 2. The molecule has 0 spiro atoms. The first-order valence-corrected chi connectivity index (χ1v) is 19.3. The Morgan fingerprint density at radius 3 is 1.96 bits per heavy atom. The molecular formula is C48H64O5. The van der Waals surface area contributed by atoms with Crippen molar-refractivity contribution >= 4 is 22.7 Å². The van der Waals surface area contributed by atoms with Crippen molar-refractivity contribution in [2.75, 3.05) is 0 Å². The van der Waals surface area contributed by atoms with E-state index in [1.807, 2.05) is 55.5 Å². The molecule has 0 saturated heterocycles. The second-order valence-corrected chi connectivity index (χ2v) is 15.6. The minimum absolute atomic E-state index is 0. The maximum Gasteiger partial charge on any atom is 0.167 e. The number of aliphatic hydroxyl groups is 3. The van der Waals surface area contributed by atoms with Gasteiger partial charge in [0.05, 0.1) is 18.0 Å². The Labute approximate surface area is 319 Å². The lowest BCUT2D eigenvalue weighted by Gasteiger charge is -2.25. The summed E-state index contributed by atoms with van der Waals surface area (Å²) in [7, 11) is 0. The number of benzene rings is 3. The van der Waals surface area contributed by atoms with E-state index >= 15 is 0 Å². The molecule has 1 aliphatic rings. The predicted molar refractivity (Wildman–Crippen MR) is 220 cm³/mol. The molecule has 53 heavy (non-hydrogen) atoms. The third-order valence-corrected chi connectivity index (χ3v) is 10.4. The molecule has 0 heterocycles. The number of hydrogen-bond donors (Lipinski definition) is 3. The van der Waals surface area contributed by atoms with Gasteiger partial charge in [-0.15, -0.1) is 0 Å². The van der Waals surface area contributed by atoms with Crippen molar-refractivity contribution in [3.05, 3.63) is 131 Å². The molecule has 5 heteroatoms.